The minimum atomic E-state index is -0.0359. The van der Waals surface area contributed by atoms with E-state index in [1.54, 1.807) is 24.8 Å². The van der Waals surface area contributed by atoms with Crippen molar-refractivity contribution in [3.8, 4) is 0 Å². The fourth-order valence-corrected chi connectivity index (χ4v) is 1.34. The number of aromatic amines is 1. The molecule has 0 saturated heterocycles. The first kappa shape index (κ1) is 12.5. The minimum absolute atomic E-state index is 0.0359. The lowest BCUT2D eigenvalue weighted by atomic mass is 10.3. The fourth-order valence-electron chi connectivity index (χ4n) is 1.34. The van der Waals surface area contributed by atoms with E-state index in [1.165, 1.54) is 0 Å². The first-order chi connectivity index (χ1) is 9.25. The first-order valence-electron chi connectivity index (χ1n) is 5.50. The number of aliphatic imine (C=N–C) groups is 1. The van der Waals surface area contributed by atoms with Crippen LogP contribution < -0.4 is 11.5 Å². The van der Waals surface area contributed by atoms with Gasteiger partial charge in [0.1, 0.15) is 0 Å². The number of rotatable bonds is 1. The molecule has 7 heteroatoms. The van der Waals surface area contributed by atoms with Crippen molar-refractivity contribution in [3.05, 3.63) is 49.1 Å². The molecule has 5 N–H and O–H groups in total. The Bertz CT molecular complexity index is 626. The number of imidazole rings is 1. The van der Waals surface area contributed by atoms with Gasteiger partial charge < -0.3 is 16.5 Å². The van der Waals surface area contributed by atoms with Crippen LogP contribution in [0.1, 0.15) is 0 Å². The highest BCUT2D eigenvalue weighted by molar-refractivity contribution is 5.77. The highest BCUT2D eigenvalue weighted by Crippen LogP contribution is 2.05. The van der Waals surface area contributed by atoms with Crippen molar-refractivity contribution < 1.29 is 0 Å². The molecule has 2 heterocycles. The number of nitrogens with one attached hydrogen (secondary N) is 1. The molecule has 1 aromatic carbocycles. The van der Waals surface area contributed by atoms with Crippen molar-refractivity contribution in [2.24, 2.45) is 16.5 Å². The van der Waals surface area contributed by atoms with E-state index >= 15 is 0 Å². The molecule has 0 fully saturated rings. The molecule has 0 amide bonds. The van der Waals surface area contributed by atoms with Crippen LogP contribution in [0.3, 0.4) is 0 Å². The number of H-pyrrole nitrogens is 1. The second-order valence-corrected chi connectivity index (χ2v) is 3.51. The van der Waals surface area contributed by atoms with Crippen molar-refractivity contribution in [1.82, 2.24) is 19.9 Å². The standard InChI is InChI=1S/C7H6N2.C5H7N5/c1-2-4-7-6(3-1)8-5-9-7;6-4(7)10-5-8-2-1-3-9-5/h1-5H,(H,8,9);1-3H,(H4,6,7,8,9,10). The van der Waals surface area contributed by atoms with Crippen LogP contribution in [0.4, 0.5) is 5.95 Å². The molecule has 0 aliphatic carbocycles. The molecule has 0 radical (unpaired) electrons. The number of para-hydroxylation sites is 2. The van der Waals surface area contributed by atoms with Gasteiger partial charge in [0.15, 0.2) is 5.96 Å². The van der Waals surface area contributed by atoms with Gasteiger partial charge in [-0.25, -0.2) is 15.0 Å². The van der Waals surface area contributed by atoms with Gasteiger partial charge in [-0.05, 0) is 18.2 Å². The molecule has 0 atom stereocenters. The Hall–Kier alpha value is -2.96. The number of nitrogens with two attached hydrogens (primary N) is 2. The topological polar surface area (TPSA) is 119 Å². The van der Waals surface area contributed by atoms with Gasteiger partial charge in [0.05, 0.1) is 17.4 Å². The van der Waals surface area contributed by atoms with Crippen molar-refractivity contribution in [3.63, 3.8) is 0 Å². The van der Waals surface area contributed by atoms with Gasteiger partial charge in [-0.3, -0.25) is 0 Å². The van der Waals surface area contributed by atoms with Crippen LogP contribution in [0, 0.1) is 0 Å². The summed E-state index contributed by atoms with van der Waals surface area (Å²) >= 11 is 0. The van der Waals surface area contributed by atoms with E-state index < -0.39 is 0 Å². The lowest BCUT2D eigenvalue weighted by molar-refractivity contribution is 1.13. The van der Waals surface area contributed by atoms with Crippen molar-refractivity contribution in [2.45, 2.75) is 0 Å². The third-order valence-electron chi connectivity index (χ3n) is 2.11. The van der Waals surface area contributed by atoms with Crippen LogP contribution in [0.25, 0.3) is 11.0 Å². The van der Waals surface area contributed by atoms with E-state index in [2.05, 4.69) is 24.9 Å². The molecule has 0 aliphatic rings. The maximum atomic E-state index is 5.07. The molecule has 3 aromatic rings. The van der Waals surface area contributed by atoms with Gasteiger partial charge in [-0.15, -0.1) is 0 Å². The summed E-state index contributed by atoms with van der Waals surface area (Å²) in [7, 11) is 0. The Morgan fingerprint density at radius 2 is 1.74 bits per heavy atom. The van der Waals surface area contributed by atoms with Gasteiger partial charge in [-0.2, -0.15) is 4.99 Å². The number of hydrogen-bond donors (Lipinski definition) is 3. The molecule has 19 heavy (non-hydrogen) atoms. The van der Waals surface area contributed by atoms with E-state index in [1.807, 2.05) is 24.3 Å². The van der Waals surface area contributed by atoms with Crippen LogP contribution in [0.5, 0.6) is 0 Å². The molecule has 0 unspecified atom stereocenters. The van der Waals surface area contributed by atoms with Gasteiger partial charge in [0, 0.05) is 12.4 Å². The monoisotopic (exact) mass is 255 g/mol. The Kier molecular flexibility index (Phi) is 4.01. The number of nitrogens with zero attached hydrogens (tertiary/aromatic N) is 4. The normalized spacial score (nSPS) is 9.47. The van der Waals surface area contributed by atoms with Gasteiger partial charge in [0.25, 0.3) is 5.95 Å². The van der Waals surface area contributed by atoms with Gasteiger partial charge in [0.2, 0.25) is 0 Å². The lowest BCUT2D eigenvalue weighted by Gasteiger charge is -1.89. The third kappa shape index (κ3) is 3.77. The summed E-state index contributed by atoms with van der Waals surface area (Å²) in [6.07, 6.45) is 4.83. The Morgan fingerprint density at radius 1 is 1.00 bits per heavy atom. The summed E-state index contributed by atoms with van der Waals surface area (Å²) in [5.41, 5.74) is 12.3. The molecule has 3 rings (SSSR count). The zero-order valence-electron chi connectivity index (χ0n) is 10.1. The maximum absolute atomic E-state index is 5.07. The molecular formula is C12H13N7. The van der Waals surface area contributed by atoms with Gasteiger partial charge in [-0.1, -0.05) is 12.1 Å². The number of guanidine groups is 1. The smallest absolute Gasteiger partial charge is 0.252 e. The fraction of sp³-hybridized carbons (Fsp3) is 0. The zero-order valence-corrected chi connectivity index (χ0v) is 10.1. The van der Waals surface area contributed by atoms with E-state index in [0.717, 1.165) is 11.0 Å². The summed E-state index contributed by atoms with van der Waals surface area (Å²) in [4.78, 5) is 18.2. The Balaban J connectivity index is 0.000000141. The molecule has 96 valence electrons. The quantitative estimate of drug-likeness (QED) is 0.441. The molecule has 7 nitrogen and oxygen atoms in total. The average Bonchev–Trinajstić information content (AvgIpc) is 2.88. The van der Waals surface area contributed by atoms with Crippen molar-refractivity contribution in [1.29, 1.82) is 0 Å². The molecule has 0 saturated carbocycles. The molecule has 0 bridgehead atoms. The van der Waals surface area contributed by atoms with Crippen LogP contribution in [0.15, 0.2) is 54.0 Å². The molecule has 0 aliphatic heterocycles. The maximum Gasteiger partial charge on any atom is 0.252 e. The SMILES string of the molecule is NC(N)=Nc1ncccn1.c1ccc2[nH]cnc2c1. The van der Waals surface area contributed by atoms with Gasteiger partial charge >= 0.3 is 0 Å². The number of aromatic nitrogens is 4. The first-order valence-corrected chi connectivity index (χ1v) is 5.50. The minimum Gasteiger partial charge on any atom is -0.370 e. The summed E-state index contributed by atoms with van der Waals surface area (Å²) in [6.45, 7) is 0. The van der Waals surface area contributed by atoms with Crippen LogP contribution in [-0.2, 0) is 0 Å². The van der Waals surface area contributed by atoms with E-state index in [9.17, 15) is 0 Å². The Labute approximate surface area is 109 Å². The number of benzene rings is 1. The Morgan fingerprint density at radius 3 is 2.42 bits per heavy atom. The molecular weight excluding hydrogens is 242 g/mol. The largest absolute Gasteiger partial charge is 0.370 e. The number of fused-ring (bicyclic) bond motifs is 1. The van der Waals surface area contributed by atoms with Crippen molar-refractivity contribution >= 4 is 22.9 Å². The summed E-state index contributed by atoms with van der Waals surface area (Å²) in [6, 6.07) is 9.63. The highest BCUT2D eigenvalue weighted by atomic mass is 15.1. The van der Waals surface area contributed by atoms with E-state index in [4.69, 9.17) is 11.5 Å². The second kappa shape index (κ2) is 6.10. The lowest BCUT2D eigenvalue weighted by Crippen LogP contribution is -2.22. The molecule has 0 spiro atoms. The summed E-state index contributed by atoms with van der Waals surface area (Å²) in [5, 5.41) is 0. The third-order valence-corrected chi connectivity index (χ3v) is 2.11. The predicted octanol–water partition coefficient (Wildman–Crippen LogP) is 0.944. The number of hydrogen-bond acceptors (Lipinski definition) is 4. The summed E-state index contributed by atoms with van der Waals surface area (Å²) < 4.78 is 0. The second-order valence-electron chi connectivity index (χ2n) is 3.51. The highest BCUT2D eigenvalue weighted by Gasteiger charge is 1.88. The zero-order chi connectivity index (χ0) is 13.5. The van der Waals surface area contributed by atoms with Crippen LogP contribution in [-0.4, -0.2) is 25.9 Å². The predicted molar refractivity (Wildman–Crippen MR) is 73.6 cm³/mol. The van der Waals surface area contributed by atoms with E-state index in [-0.39, 0.29) is 11.9 Å². The average molecular weight is 255 g/mol. The van der Waals surface area contributed by atoms with Crippen LogP contribution >= 0.6 is 0 Å². The van der Waals surface area contributed by atoms with Crippen LogP contribution in [0.2, 0.25) is 0 Å². The van der Waals surface area contributed by atoms with E-state index in [0.29, 0.717) is 0 Å². The molecule has 2 aromatic heterocycles. The van der Waals surface area contributed by atoms with Crippen molar-refractivity contribution in [2.75, 3.05) is 0 Å². The summed E-state index contributed by atoms with van der Waals surface area (Å²) in [5.74, 6) is 0.244.